The van der Waals surface area contributed by atoms with Gasteiger partial charge < -0.3 is 4.74 Å². The molecule has 1 atom stereocenters. The predicted octanol–water partition coefficient (Wildman–Crippen LogP) is 1.68. The van der Waals surface area contributed by atoms with Crippen molar-refractivity contribution in [3.05, 3.63) is 53.7 Å². The zero-order chi connectivity index (χ0) is 16.0. The van der Waals surface area contributed by atoms with Crippen LogP contribution in [0.5, 0.6) is 5.75 Å². The zero-order valence-electron chi connectivity index (χ0n) is 12.4. The minimum Gasteiger partial charge on any atom is -0.435 e. The molecular formula is C16H14N3O3S+. The monoisotopic (exact) mass is 328 g/mol. The summed E-state index contributed by atoms with van der Waals surface area (Å²) in [4.78, 5) is 26.2. The summed E-state index contributed by atoms with van der Waals surface area (Å²) in [7, 11) is 0. The molecule has 1 unspecified atom stereocenters. The molecule has 2 amide bonds. The van der Waals surface area contributed by atoms with Crippen LogP contribution in [0.4, 0.5) is 5.82 Å². The Morgan fingerprint density at radius 3 is 2.52 bits per heavy atom. The van der Waals surface area contributed by atoms with E-state index in [0.717, 1.165) is 5.82 Å². The molecule has 0 bridgehead atoms. The Labute approximate surface area is 137 Å². The molecule has 116 valence electrons. The van der Waals surface area contributed by atoms with E-state index in [1.165, 1.54) is 16.7 Å². The summed E-state index contributed by atoms with van der Waals surface area (Å²) in [6.45, 7) is 0.146. The Morgan fingerprint density at radius 2 is 1.87 bits per heavy atom. The minimum atomic E-state index is -0.268. The molecule has 4 rings (SSSR count). The van der Waals surface area contributed by atoms with Crippen LogP contribution in [-0.2, 0) is 6.67 Å². The molecule has 2 aliphatic heterocycles. The van der Waals surface area contributed by atoms with Gasteiger partial charge in [0.05, 0.1) is 17.3 Å². The molecule has 0 saturated carbocycles. The van der Waals surface area contributed by atoms with Crippen LogP contribution in [0.15, 0.2) is 42.6 Å². The summed E-state index contributed by atoms with van der Waals surface area (Å²) in [5, 5.41) is 3.23. The van der Waals surface area contributed by atoms with Crippen molar-refractivity contribution in [1.29, 1.82) is 0 Å². The number of aromatic nitrogens is 1. The van der Waals surface area contributed by atoms with Gasteiger partial charge in [-0.25, -0.2) is 14.8 Å². The number of amides is 2. The van der Waals surface area contributed by atoms with Gasteiger partial charge >= 0.3 is 5.82 Å². The van der Waals surface area contributed by atoms with Crippen LogP contribution in [0.25, 0.3) is 0 Å². The van der Waals surface area contributed by atoms with Gasteiger partial charge in [-0.2, -0.15) is 0 Å². The standard InChI is InChI=1S/C16H13N3O3S/c1-23-16-17-13-12(22-16)7-4-8-18(13)9-19-14(20)10-5-2-3-6-11(10)15(19)21/h2-8,16H,9H2,1H3/p+1. The normalized spacial score (nSPS) is 18.5. The lowest BCUT2D eigenvalue weighted by molar-refractivity contribution is -0.695. The lowest BCUT2D eigenvalue weighted by Crippen LogP contribution is -2.47. The maximum Gasteiger partial charge on any atom is 0.322 e. The molecule has 2 aliphatic rings. The smallest absolute Gasteiger partial charge is 0.322 e. The van der Waals surface area contributed by atoms with Crippen molar-refractivity contribution in [3.8, 4) is 5.75 Å². The van der Waals surface area contributed by atoms with Crippen LogP contribution >= 0.6 is 11.8 Å². The fourth-order valence-electron chi connectivity index (χ4n) is 2.78. The van der Waals surface area contributed by atoms with Crippen LogP contribution < -0.4 is 14.6 Å². The van der Waals surface area contributed by atoms with Crippen molar-refractivity contribution in [1.82, 2.24) is 4.90 Å². The molecule has 1 N–H and O–H groups in total. The fraction of sp³-hybridized carbons (Fsp3) is 0.188. The Kier molecular flexibility index (Phi) is 3.23. The zero-order valence-corrected chi connectivity index (χ0v) is 13.2. The van der Waals surface area contributed by atoms with E-state index < -0.39 is 0 Å². The van der Waals surface area contributed by atoms with Crippen LogP contribution in [0, 0.1) is 0 Å². The first-order valence-electron chi connectivity index (χ1n) is 7.12. The predicted molar refractivity (Wildman–Crippen MR) is 85.1 cm³/mol. The molecular weight excluding hydrogens is 314 g/mol. The molecule has 1 aromatic carbocycles. The maximum atomic E-state index is 12.5. The highest BCUT2D eigenvalue weighted by molar-refractivity contribution is 7.99. The second-order valence-corrected chi connectivity index (χ2v) is 6.15. The largest absolute Gasteiger partial charge is 0.435 e. The first-order chi connectivity index (χ1) is 11.2. The summed E-state index contributed by atoms with van der Waals surface area (Å²) in [5.74, 6) is 0.943. The summed E-state index contributed by atoms with van der Waals surface area (Å²) >= 11 is 1.54. The van der Waals surface area contributed by atoms with E-state index in [1.807, 2.05) is 29.2 Å². The summed E-state index contributed by atoms with van der Waals surface area (Å²) in [6, 6.07) is 10.6. The fourth-order valence-corrected chi connectivity index (χ4v) is 3.21. The molecule has 0 saturated heterocycles. The second kappa shape index (κ2) is 5.27. The van der Waals surface area contributed by atoms with Crippen molar-refractivity contribution < 1.29 is 18.9 Å². The van der Waals surface area contributed by atoms with E-state index in [4.69, 9.17) is 4.74 Å². The van der Waals surface area contributed by atoms with Gasteiger partial charge in [0.15, 0.2) is 6.67 Å². The number of hydrogen-bond donors (Lipinski definition) is 1. The average Bonchev–Trinajstić information content (AvgIpc) is 3.11. The van der Waals surface area contributed by atoms with Crippen LogP contribution in [0.1, 0.15) is 20.7 Å². The van der Waals surface area contributed by atoms with Crippen molar-refractivity contribution in [2.24, 2.45) is 0 Å². The highest BCUT2D eigenvalue weighted by Gasteiger charge is 2.38. The number of pyridine rings is 1. The number of ether oxygens (including phenoxy) is 1. The molecule has 23 heavy (non-hydrogen) atoms. The summed E-state index contributed by atoms with van der Waals surface area (Å²) in [6.07, 6.45) is 3.76. The van der Waals surface area contributed by atoms with E-state index >= 15 is 0 Å². The molecule has 0 fully saturated rings. The van der Waals surface area contributed by atoms with Gasteiger partial charge in [0.25, 0.3) is 17.4 Å². The lowest BCUT2D eigenvalue weighted by Gasteiger charge is -2.13. The number of thioether (sulfide) groups is 1. The Hall–Kier alpha value is -2.54. The van der Waals surface area contributed by atoms with E-state index in [9.17, 15) is 9.59 Å². The number of nitrogens with one attached hydrogen (secondary N) is 1. The summed E-state index contributed by atoms with van der Waals surface area (Å²) < 4.78 is 7.53. The van der Waals surface area contributed by atoms with Gasteiger partial charge in [0, 0.05) is 0 Å². The molecule has 3 heterocycles. The number of imide groups is 1. The molecule has 1 aromatic heterocycles. The minimum absolute atomic E-state index is 0.146. The highest BCUT2D eigenvalue weighted by Crippen LogP contribution is 2.31. The van der Waals surface area contributed by atoms with Crippen LogP contribution in [-0.4, -0.2) is 28.5 Å². The number of carbonyl (C=O) groups excluding carboxylic acids is 2. The van der Waals surface area contributed by atoms with Crippen molar-refractivity contribution in [2.75, 3.05) is 11.6 Å². The van der Waals surface area contributed by atoms with E-state index in [2.05, 4.69) is 5.32 Å². The second-order valence-electron chi connectivity index (χ2n) is 5.25. The van der Waals surface area contributed by atoms with Gasteiger partial charge in [0.1, 0.15) is 0 Å². The number of rotatable bonds is 3. The quantitative estimate of drug-likeness (QED) is 0.686. The number of fused-ring (bicyclic) bond motifs is 2. The maximum absolute atomic E-state index is 12.5. The molecule has 0 aliphatic carbocycles. The number of anilines is 1. The third-order valence-electron chi connectivity index (χ3n) is 3.91. The van der Waals surface area contributed by atoms with Gasteiger partial charge in [-0.05, 0) is 30.5 Å². The van der Waals surface area contributed by atoms with E-state index in [0.29, 0.717) is 16.9 Å². The first-order valence-corrected chi connectivity index (χ1v) is 8.41. The number of nitrogens with zero attached hydrogens (tertiary/aromatic N) is 2. The van der Waals surface area contributed by atoms with Crippen LogP contribution in [0.3, 0.4) is 0 Å². The van der Waals surface area contributed by atoms with Gasteiger partial charge in [-0.3, -0.25) is 9.59 Å². The SMILES string of the molecule is CSC1Nc2c(ccc[n+]2CN2C(=O)c3ccccc3C2=O)O1. The third-order valence-corrected chi connectivity index (χ3v) is 4.55. The molecule has 0 radical (unpaired) electrons. The highest BCUT2D eigenvalue weighted by atomic mass is 32.2. The van der Waals surface area contributed by atoms with E-state index in [1.54, 1.807) is 24.3 Å². The topological polar surface area (TPSA) is 62.5 Å². The average molecular weight is 328 g/mol. The summed E-state index contributed by atoms with van der Waals surface area (Å²) in [5.41, 5.74) is 0.745. The Morgan fingerprint density at radius 1 is 1.17 bits per heavy atom. The lowest BCUT2D eigenvalue weighted by atomic mass is 10.1. The van der Waals surface area contributed by atoms with E-state index in [-0.39, 0.29) is 24.0 Å². The number of hydrogen-bond acceptors (Lipinski definition) is 5. The Bertz CT molecular complexity index is 789. The molecule has 0 spiro atoms. The van der Waals surface area contributed by atoms with Crippen LogP contribution in [0.2, 0.25) is 0 Å². The first kappa shape index (κ1) is 14.1. The van der Waals surface area contributed by atoms with Gasteiger partial charge in [-0.15, -0.1) is 0 Å². The van der Waals surface area contributed by atoms with Crippen molar-refractivity contribution >= 4 is 29.4 Å². The third kappa shape index (κ3) is 2.16. The van der Waals surface area contributed by atoms with Gasteiger partial charge in [-0.1, -0.05) is 23.9 Å². The molecule has 6 nitrogen and oxygen atoms in total. The van der Waals surface area contributed by atoms with Gasteiger partial charge in [0.2, 0.25) is 5.75 Å². The number of benzene rings is 1. The van der Waals surface area contributed by atoms with Crippen molar-refractivity contribution in [3.63, 3.8) is 0 Å². The molecule has 2 aromatic rings. The van der Waals surface area contributed by atoms with Crippen molar-refractivity contribution in [2.45, 2.75) is 12.2 Å². The Balaban J connectivity index is 1.65. The number of carbonyl (C=O) groups is 2. The molecule has 7 heteroatoms.